The summed E-state index contributed by atoms with van der Waals surface area (Å²) in [4.78, 5) is 38.4. The highest BCUT2D eigenvalue weighted by molar-refractivity contribution is 6.02. The highest BCUT2D eigenvalue weighted by Crippen LogP contribution is 2.60. The van der Waals surface area contributed by atoms with Gasteiger partial charge in [0.05, 0.1) is 26.4 Å². The van der Waals surface area contributed by atoms with Crippen LogP contribution in [0, 0.1) is 10.8 Å². The maximum absolute atomic E-state index is 12.8. The van der Waals surface area contributed by atoms with Crippen molar-refractivity contribution >= 4 is 23.7 Å². The smallest absolute Gasteiger partial charge is 0.337 e. The number of ether oxygens (including phenoxy) is 4. The van der Waals surface area contributed by atoms with Crippen LogP contribution in [0.25, 0.3) is 5.76 Å². The maximum Gasteiger partial charge on any atom is 0.337 e. The molecule has 0 saturated heterocycles. The number of fused-ring (bicyclic) bond motifs is 1. The third-order valence-electron chi connectivity index (χ3n) is 6.13. The van der Waals surface area contributed by atoms with Crippen molar-refractivity contribution in [1.29, 1.82) is 0 Å². The Bertz CT molecular complexity index is 941. The molecule has 1 saturated carbocycles. The summed E-state index contributed by atoms with van der Waals surface area (Å²) in [5, 5.41) is 0. The van der Waals surface area contributed by atoms with E-state index >= 15 is 0 Å². The van der Waals surface area contributed by atoms with Gasteiger partial charge >= 0.3 is 17.9 Å². The molecule has 7 nitrogen and oxygen atoms in total. The first-order chi connectivity index (χ1) is 14.7. The zero-order valence-corrected chi connectivity index (χ0v) is 18.6. The van der Waals surface area contributed by atoms with Crippen molar-refractivity contribution in [2.45, 2.75) is 40.0 Å². The molecule has 1 unspecified atom stereocenters. The van der Waals surface area contributed by atoms with E-state index in [1.807, 2.05) is 37.3 Å². The summed E-state index contributed by atoms with van der Waals surface area (Å²) in [7, 11) is 2.50. The molecule has 1 heterocycles. The van der Waals surface area contributed by atoms with E-state index in [9.17, 15) is 14.4 Å². The van der Waals surface area contributed by atoms with Crippen LogP contribution < -0.4 is 0 Å². The first-order valence-corrected chi connectivity index (χ1v) is 10.2. The summed E-state index contributed by atoms with van der Waals surface area (Å²) in [5.74, 6) is -0.806. The summed E-state index contributed by atoms with van der Waals surface area (Å²) >= 11 is 0. The lowest BCUT2D eigenvalue weighted by Gasteiger charge is -2.28. The average molecular weight is 428 g/mol. The fourth-order valence-electron chi connectivity index (χ4n) is 4.68. The molecule has 3 rings (SSSR count). The molecular weight excluding hydrogens is 400 g/mol. The number of esters is 3. The SMILES string of the molecule is CCOC(=O)C1=C(C)OC(c2ccccc2)=C2CC(C(=O)OC)(C(=O)OC)CC2(C)C1. The van der Waals surface area contributed by atoms with E-state index in [0.717, 1.165) is 11.1 Å². The van der Waals surface area contributed by atoms with Crippen LogP contribution in [0.1, 0.15) is 45.6 Å². The third kappa shape index (κ3) is 3.84. The molecular formula is C24H28O7. The molecule has 0 N–H and O–H groups in total. The van der Waals surface area contributed by atoms with Crippen molar-refractivity contribution in [3.05, 3.63) is 52.8 Å². The fraction of sp³-hybridized carbons (Fsp3) is 0.458. The normalized spacial score (nSPS) is 22.2. The van der Waals surface area contributed by atoms with E-state index in [2.05, 4.69) is 0 Å². The Morgan fingerprint density at radius 2 is 1.65 bits per heavy atom. The number of carbonyl (C=O) groups is 3. The zero-order chi connectivity index (χ0) is 22.8. The highest BCUT2D eigenvalue weighted by Gasteiger charge is 2.61. The molecule has 1 aromatic carbocycles. The van der Waals surface area contributed by atoms with Crippen LogP contribution in [0.15, 0.2) is 47.2 Å². The van der Waals surface area contributed by atoms with Crippen LogP contribution in [0.2, 0.25) is 0 Å². The molecule has 31 heavy (non-hydrogen) atoms. The highest BCUT2D eigenvalue weighted by atomic mass is 16.5. The van der Waals surface area contributed by atoms with Gasteiger partial charge in [-0.3, -0.25) is 9.59 Å². The lowest BCUT2D eigenvalue weighted by molar-refractivity contribution is -0.169. The molecule has 0 spiro atoms. The Kier molecular flexibility index (Phi) is 6.25. The monoisotopic (exact) mass is 428 g/mol. The van der Waals surface area contributed by atoms with E-state index in [1.54, 1.807) is 13.8 Å². The van der Waals surface area contributed by atoms with Gasteiger partial charge in [0.15, 0.2) is 5.41 Å². The summed E-state index contributed by atoms with van der Waals surface area (Å²) in [5.41, 5.74) is -0.291. The number of benzene rings is 1. The molecule has 1 aliphatic carbocycles. The van der Waals surface area contributed by atoms with Crippen molar-refractivity contribution in [2.75, 3.05) is 20.8 Å². The lowest BCUT2D eigenvalue weighted by Crippen LogP contribution is -2.40. The first-order valence-electron chi connectivity index (χ1n) is 10.2. The van der Waals surface area contributed by atoms with E-state index in [1.165, 1.54) is 14.2 Å². The molecule has 1 atom stereocenters. The van der Waals surface area contributed by atoms with Crippen LogP contribution >= 0.6 is 0 Å². The van der Waals surface area contributed by atoms with Crippen LogP contribution in [-0.2, 0) is 33.3 Å². The van der Waals surface area contributed by atoms with Gasteiger partial charge in [-0.25, -0.2) is 4.79 Å². The summed E-state index contributed by atoms with van der Waals surface area (Å²) in [6.07, 6.45) is 0.472. The van der Waals surface area contributed by atoms with E-state index < -0.39 is 28.7 Å². The molecule has 2 aliphatic rings. The number of carbonyl (C=O) groups excluding carboxylic acids is 3. The Hall–Kier alpha value is -3.09. The van der Waals surface area contributed by atoms with Crippen molar-refractivity contribution in [1.82, 2.24) is 0 Å². The van der Waals surface area contributed by atoms with Crippen molar-refractivity contribution < 1.29 is 33.3 Å². The van der Waals surface area contributed by atoms with Crippen LogP contribution in [-0.4, -0.2) is 38.7 Å². The Morgan fingerprint density at radius 3 is 2.19 bits per heavy atom. The molecule has 1 fully saturated rings. The molecule has 1 aliphatic heterocycles. The predicted octanol–water partition coefficient (Wildman–Crippen LogP) is 3.79. The minimum absolute atomic E-state index is 0.0798. The molecule has 166 valence electrons. The number of allylic oxidation sites excluding steroid dienone is 2. The number of rotatable bonds is 5. The van der Waals surface area contributed by atoms with Gasteiger partial charge in [-0.15, -0.1) is 0 Å². The van der Waals surface area contributed by atoms with Crippen molar-refractivity contribution in [3.63, 3.8) is 0 Å². The fourth-order valence-corrected chi connectivity index (χ4v) is 4.68. The van der Waals surface area contributed by atoms with Gasteiger partial charge in [0, 0.05) is 5.56 Å². The minimum Gasteiger partial charge on any atom is -0.468 e. The Morgan fingerprint density at radius 1 is 1.03 bits per heavy atom. The number of methoxy groups -OCH3 is 2. The second-order valence-electron chi connectivity index (χ2n) is 8.19. The molecule has 0 amide bonds. The Balaban J connectivity index is 2.23. The van der Waals surface area contributed by atoms with Crippen molar-refractivity contribution in [2.24, 2.45) is 10.8 Å². The van der Waals surface area contributed by atoms with Gasteiger partial charge in [-0.2, -0.15) is 0 Å². The Labute approximate surface area is 182 Å². The van der Waals surface area contributed by atoms with Crippen molar-refractivity contribution in [3.8, 4) is 0 Å². The van der Waals surface area contributed by atoms with Gasteiger partial charge in [0.1, 0.15) is 11.5 Å². The quantitative estimate of drug-likeness (QED) is 0.400. The van der Waals surface area contributed by atoms with E-state index in [0.29, 0.717) is 17.1 Å². The molecule has 0 bridgehead atoms. The standard InChI is InChI=1S/C24H28O7/c1-6-30-20(25)17-12-23(3)14-24(21(26)28-4,22(27)29-5)13-18(23)19(31-15(17)2)16-10-8-7-9-11-16/h7-11H,6,12-14H2,1-5H3. The molecule has 0 aromatic heterocycles. The largest absolute Gasteiger partial charge is 0.468 e. The van der Waals surface area contributed by atoms with Gasteiger partial charge < -0.3 is 18.9 Å². The van der Waals surface area contributed by atoms with E-state index in [-0.39, 0.29) is 25.9 Å². The second-order valence-corrected chi connectivity index (χ2v) is 8.19. The predicted molar refractivity (Wildman–Crippen MR) is 112 cm³/mol. The van der Waals surface area contributed by atoms with Gasteiger partial charge in [0.25, 0.3) is 0 Å². The van der Waals surface area contributed by atoms with Gasteiger partial charge in [-0.05, 0) is 44.1 Å². The molecule has 1 aromatic rings. The van der Waals surface area contributed by atoms with Gasteiger partial charge in [0.2, 0.25) is 0 Å². The molecule has 7 heteroatoms. The molecule has 0 radical (unpaired) electrons. The number of hydrogen-bond donors (Lipinski definition) is 0. The minimum atomic E-state index is -1.51. The zero-order valence-electron chi connectivity index (χ0n) is 18.6. The third-order valence-corrected chi connectivity index (χ3v) is 6.13. The van der Waals surface area contributed by atoms with E-state index in [4.69, 9.17) is 18.9 Å². The second kappa shape index (κ2) is 8.57. The van der Waals surface area contributed by atoms with Crippen LogP contribution in [0.3, 0.4) is 0 Å². The van der Waals surface area contributed by atoms with Crippen LogP contribution in [0.4, 0.5) is 0 Å². The topological polar surface area (TPSA) is 88.1 Å². The summed E-state index contributed by atoms with van der Waals surface area (Å²) in [6.45, 7) is 5.63. The summed E-state index contributed by atoms with van der Waals surface area (Å²) < 4.78 is 21.5. The summed E-state index contributed by atoms with van der Waals surface area (Å²) in [6, 6.07) is 9.42. The lowest BCUT2D eigenvalue weighted by atomic mass is 9.75. The van der Waals surface area contributed by atoms with Gasteiger partial charge in [-0.1, -0.05) is 37.3 Å². The van der Waals surface area contributed by atoms with Crippen LogP contribution in [0.5, 0.6) is 0 Å². The first kappa shape index (κ1) is 22.6. The maximum atomic E-state index is 12.8. The average Bonchev–Trinajstić information content (AvgIpc) is 3.04. The number of hydrogen-bond acceptors (Lipinski definition) is 7.